The molecule has 0 aromatic heterocycles. The summed E-state index contributed by atoms with van der Waals surface area (Å²) in [6, 6.07) is 8.01. The van der Waals surface area contributed by atoms with Gasteiger partial charge in [-0.15, -0.1) is 24.0 Å². The number of halogens is 2. The predicted molar refractivity (Wildman–Crippen MR) is 101 cm³/mol. The summed E-state index contributed by atoms with van der Waals surface area (Å²) in [7, 11) is 3.46. The summed E-state index contributed by atoms with van der Waals surface area (Å²) in [6.45, 7) is 3.55. The van der Waals surface area contributed by atoms with Crippen LogP contribution in [0.5, 0.6) is 0 Å². The maximum atomic E-state index is 11.5. The molecule has 2 N–H and O–H groups in total. The van der Waals surface area contributed by atoms with E-state index in [1.807, 2.05) is 31.2 Å². The average Bonchev–Trinajstić information content (AvgIpc) is 2.43. The van der Waals surface area contributed by atoms with Crippen LogP contribution in [-0.2, 0) is 11.3 Å². The molecule has 1 aromatic carbocycles. The fourth-order valence-corrected chi connectivity index (χ4v) is 1.68. The summed E-state index contributed by atoms with van der Waals surface area (Å²) >= 11 is 3.40. The van der Waals surface area contributed by atoms with E-state index in [9.17, 15) is 4.79 Å². The quantitative estimate of drug-likeness (QED) is 0.395. The minimum absolute atomic E-state index is 0. The number of aliphatic imine (C=N–C) groups is 1. The topological polar surface area (TPSA) is 56.7 Å². The molecule has 118 valence electrons. The van der Waals surface area contributed by atoms with E-state index >= 15 is 0 Å². The van der Waals surface area contributed by atoms with Crippen LogP contribution in [0.4, 0.5) is 0 Å². The van der Waals surface area contributed by atoms with Crippen molar-refractivity contribution < 1.29 is 4.79 Å². The Kier molecular flexibility index (Phi) is 10.4. The van der Waals surface area contributed by atoms with Gasteiger partial charge in [0.25, 0.3) is 0 Å². The van der Waals surface area contributed by atoms with Crippen LogP contribution in [-0.4, -0.2) is 44.0 Å². The van der Waals surface area contributed by atoms with Crippen LogP contribution < -0.4 is 10.6 Å². The molecule has 0 spiro atoms. The Hall–Kier alpha value is -0.830. The fourth-order valence-electron chi connectivity index (χ4n) is 1.42. The molecule has 0 radical (unpaired) electrons. The largest absolute Gasteiger partial charge is 0.357 e. The highest BCUT2D eigenvalue weighted by Crippen LogP contribution is 2.10. The number of nitrogens with zero attached hydrogens (tertiary/aromatic N) is 2. The summed E-state index contributed by atoms with van der Waals surface area (Å²) in [5, 5.41) is 6.14. The monoisotopic (exact) mass is 468 g/mol. The van der Waals surface area contributed by atoms with Crippen LogP contribution >= 0.6 is 39.9 Å². The van der Waals surface area contributed by atoms with Crippen molar-refractivity contribution >= 4 is 51.8 Å². The van der Waals surface area contributed by atoms with E-state index in [1.165, 1.54) is 0 Å². The standard InChI is InChI=1S/C14H21BrN4O.HI/c1-4-16-14(18-10-13(20)19(2)3)17-9-11-5-7-12(15)8-6-11;/h5-8H,4,9-10H2,1-3H3,(H2,16,17,18);1H. The molecule has 5 nitrogen and oxygen atoms in total. The second-order valence-corrected chi connectivity index (χ2v) is 5.38. The first-order valence-electron chi connectivity index (χ1n) is 6.49. The molecule has 0 heterocycles. The fraction of sp³-hybridized carbons (Fsp3) is 0.429. The first kappa shape index (κ1) is 20.2. The first-order valence-corrected chi connectivity index (χ1v) is 7.29. The number of carbonyl (C=O) groups is 1. The van der Waals surface area contributed by atoms with Crippen molar-refractivity contribution in [3.8, 4) is 0 Å². The van der Waals surface area contributed by atoms with E-state index in [0.29, 0.717) is 12.5 Å². The van der Waals surface area contributed by atoms with Gasteiger partial charge in [-0.05, 0) is 24.6 Å². The number of carbonyl (C=O) groups excluding carboxylic acids is 1. The molecule has 0 atom stereocenters. The smallest absolute Gasteiger partial charge is 0.241 e. The molecule has 0 saturated carbocycles. The molecule has 7 heteroatoms. The van der Waals surface area contributed by atoms with Crippen molar-refractivity contribution in [3.63, 3.8) is 0 Å². The zero-order valence-corrected chi connectivity index (χ0v) is 16.4. The third kappa shape index (κ3) is 8.25. The highest BCUT2D eigenvalue weighted by Gasteiger charge is 2.05. The van der Waals surface area contributed by atoms with E-state index in [1.54, 1.807) is 19.0 Å². The Morgan fingerprint density at radius 2 is 1.86 bits per heavy atom. The lowest BCUT2D eigenvalue weighted by Gasteiger charge is -2.14. The number of benzene rings is 1. The lowest BCUT2D eigenvalue weighted by Crippen LogP contribution is -2.42. The number of hydrogen-bond acceptors (Lipinski definition) is 2. The van der Waals surface area contributed by atoms with E-state index < -0.39 is 0 Å². The molecule has 0 fully saturated rings. The van der Waals surface area contributed by atoms with Gasteiger partial charge in [-0.2, -0.15) is 0 Å². The van der Waals surface area contributed by atoms with E-state index in [-0.39, 0.29) is 36.4 Å². The lowest BCUT2D eigenvalue weighted by atomic mass is 10.2. The number of guanidine groups is 1. The maximum Gasteiger partial charge on any atom is 0.241 e. The Morgan fingerprint density at radius 3 is 2.38 bits per heavy atom. The second-order valence-electron chi connectivity index (χ2n) is 4.46. The van der Waals surface area contributed by atoms with Crippen LogP contribution in [0.15, 0.2) is 33.7 Å². The molecule has 0 aliphatic carbocycles. The van der Waals surface area contributed by atoms with Crippen LogP contribution in [0, 0.1) is 0 Å². The van der Waals surface area contributed by atoms with Gasteiger partial charge in [0.15, 0.2) is 5.96 Å². The van der Waals surface area contributed by atoms with Crippen molar-refractivity contribution in [2.75, 3.05) is 27.2 Å². The molecule has 1 amide bonds. The highest BCUT2D eigenvalue weighted by molar-refractivity contribution is 14.0. The molecular weight excluding hydrogens is 447 g/mol. The van der Waals surface area contributed by atoms with Crippen molar-refractivity contribution in [2.45, 2.75) is 13.5 Å². The number of amides is 1. The molecule has 1 rings (SSSR count). The number of hydrogen-bond donors (Lipinski definition) is 2. The van der Waals surface area contributed by atoms with Crippen LogP contribution in [0.2, 0.25) is 0 Å². The van der Waals surface area contributed by atoms with Crippen LogP contribution in [0.3, 0.4) is 0 Å². The maximum absolute atomic E-state index is 11.5. The summed E-state index contributed by atoms with van der Waals surface area (Å²) < 4.78 is 1.05. The highest BCUT2D eigenvalue weighted by atomic mass is 127. The molecule has 1 aromatic rings. The first-order chi connectivity index (χ1) is 9.52. The van der Waals surface area contributed by atoms with Crippen molar-refractivity contribution in [1.82, 2.24) is 15.5 Å². The third-order valence-electron chi connectivity index (χ3n) is 2.58. The van der Waals surface area contributed by atoms with E-state index in [2.05, 4.69) is 31.6 Å². The van der Waals surface area contributed by atoms with Gasteiger partial charge in [-0.3, -0.25) is 4.79 Å². The molecule has 21 heavy (non-hydrogen) atoms. The van der Waals surface area contributed by atoms with E-state index in [0.717, 1.165) is 16.6 Å². The summed E-state index contributed by atoms with van der Waals surface area (Å²) in [5.41, 5.74) is 1.12. The van der Waals surface area contributed by atoms with Crippen molar-refractivity contribution in [2.24, 2.45) is 4.99 Å². The minimum Gasteiger partial charge on any atom is -0.357 e. The minimum atomic E-state index is 0. The Bertz CT molecular complexity index is 463. The van der Waals surface area contributed by atoms with Gasteiger partial charge in [0.2, 0.25) is 5.91 Å². The van der Waals surface area contributed by atoms with Gasteiger partial charge in [0.05, 0.1) is 13.1 Å². The molecule has 0 aliphatic heterocycles. The lowest BCUT2D eigenvalue weighted by molar-refractivity contribution is -0.127. The van der Waals surface area contributed by atoms with Gasteiger partial charge in [-0.25, -0.2) is 4.99 Å². The normalized spacial score (nSPS) is 10.6. The number of nitrogens with one attached hydrogen (secondary N) is 2. The molecular formula is C14H22BrIN4O. The Morgan fingerprint density at radius 1 is 1.24 bits per heavy atom. The summed E-state index contributed by atoms with van der Waals surface area (Å²) in [6.07, 6.45) is 0. The van der Waals surface area contributed by atoms with E-state index in [4.69, 9.17) is 0 Å². The Labute approximate surface area is 151 Å². The van der Waals surface area contributed by atoms with Gasteiger partial charge >= 0.3 is 0 Å². The van der Waals surface area contributed by atoms with Gasteiger partial charge in [-0.1, -0.05) is 28.1 Å². The van der Waals surface area contributed by atoms with Gasteiger partial charge in [0.1, 0.15) is 0 Å². The van der Waals surface area contributed by atoms with Crippen molar-refractivity contribution in [1.29, 1.82) is 0 Å². The molecule has 0 saturated heterocycles. The molecule has 0 bridgehead atoms. The zero-order chi connectivity index (χ0) is 15.0. The zero-order valence-electron chi connectivity index (χ0n) is 12.5. The average molecular weight is 469 g/mol. The second kappa shape index (κ2) is 10.8. The Balaban J connectivity index is 0.00000400. The SMILES string of the molecule is CCNC(=NCc1ccc(Br)cc1)NCC(=O)N(C)C.I. The van der Waals surface area contributed by atoms with Gasteiger partial charge < -0.3 is 15.5 Å². The summed E-state index contributed by atoms with van der Waals surface area (Å²) in [4.78, 5) is 17.5. The van der Waals surface area contributed by atoms with Gasteiger partial charge in [0, 0.05) is 25.1 Å². The number of likely N-dealkylation sites (N-methyl/N-ethyl adjacent to an activating group) is 1. The summed E-state index contributed by atoms with van der Waals surface area (Å²) in [5.74, 6) is 0.657. The predicted octanol–water partition coefficient (Wildman–Crippen LogP) is 2.21. The van der Waals surface area contributed by atoms with Crippen LogP contribution in [0.25, 0.3) is 0 Å². The number of rotatable bonds is 5. The molecule has 0 unspecified atom stereocenters. The van der Waals surface area contributed by atoms with Crippen LogP contribution in [0.1, 0.15) is 12.5 Å². The third-order valence-corrected chi connectivity index (χ3v) is 3.11. The molecule has 0 aliphatic rings. The van der Waals surface area contributed by atoms with Crippen molar-refractivity contribution in [3.05, 3.63) is 34.3 Å².